The van der Waals surface area contributed by atoms with E-state index in [1.54, 1.807) is 30.3 Å². The Morgan fingerprint density at radius 3 is 2.50 bits per heavy atom. The second-order valence-corrected chi connectivity index (χ2v) is 8.44. The number of carbonyl (C=O) groups is 1. The molecule has 3 rings (SSSR count). The number of ether oxygens (including phenoxy) is 1. The molecular weight excluding hydrogens is 411 g/mol. The predicted octanol–water partition coefficient (Wildman–Crippen LogP) is 3.32. The van der Waals surface area contributed by atoms with E-state index in [1.165, 1.54) is 37.6 Å². The molecule has 0 saturated heterocycles. The van der Waals surface area contributed by atoms with Crippen LogP contribution in [0.3, 0.4) is 0 Å². The average Bonchev–Trinajstić information content (AvgIpc) is 3.23. The molecular formula is C21H21FN2O5S. The van der Waals surface area contributed by atoms with Crippen LogP contribution < -0.4 is 14.4 Å². The highest BCUT2D eigenvalue weighted by Crippen LogP contribution is 2.26. The van der Waals surface area contributed by atoms with Gasteiger partial charge < -0.3 is 14.5 Å². The third kappa shape index (κ3) is 5.18. The van der Waals surface area contributed by atoms with Gasteiger partial charge in [0.2, 0.25) is 10.0 Å². The molecule has 158 valence electrons. The van der Waals surface area contributed by atoms with Crippen molar-refractivity contribution >= 4 is 21.6 Å². The van der Waals surface area contributed by atoms with Gasteiger partial charge in [-0.05, 0) is 54.6 Å². The zero-order valence-corrected chi connectivity index (χ0v) is 17.3. The van der Waals surface area contributed by atoms with Crippen LogP contribution in [0.2, 0.25) is 0 Å². The van der Waals surface area contributed by atoms with Gasteiger partial charge >= 0.3 is 0 Å². The number of anilines is 1. The molecule has 0 aliphatic rings. The third-order valence-electron chi connectivity index (χ3n) is 4.37. The Balaban J connectivity index is 1.87. The molecule has 0 bridgehead atoms. The standard InChI is InChI=1S/C21H21FN2O5S/c1-28-20-10-5-15(21(25)23-13-19-4-3-11-29-19)12-16(20)14-24(30(2,26)27)18-8-6-17(22)7-9-18/h3-12H,13-14H2,1-2H3,(H,23,25). The van der Waals surface area contributed by atoms with Crippen LogP contribution in [0.4, 0.5) is 10.1 Å². The van der Waals surface area contributed by atoms with Crippen LogP contribution in [-0.4, -0.2) is 27.7 Å². The van der Waals surface area contributed by atoms with Gasteiger partial charge in [-0.3, -0.25) is 9.10 Å². The highest BCUT2D eigenvalue weighted by atomic mass is 32.2. The second kappa shape index (κ2) is 9.00. The first-order valence-electron chi connectivity index (χ1n) is 8.98. The molecule has 0 aliphatic carbocycles. The lowest BCUT2D eigenvalue weighted by molar-refractivity contribution is 0.0948. The van der Waals surface area contributed by atoms with Gasteiger partial charge in [-0.25, -0.2) is 12.8 Å². The monoisotopic (exact) mass is 432 g/mol. The molecule has 1 amide bonds. The summed E-state index contributed by atoms with van der Waals surface area (Å²) in [6.07, 6.45) is 2.57. The number of hydrogen-bond donors (Lipinski definition) is 1. The summed E-state index contributed by atoms with van der Waals surface area (Å²) in [6.45, 7) is 0.130. The Hall–Kier alpha value is -3.33. The summed E-state index contributed by atoms with van der Waals surface area (Å²) in [5.74, 6) is 0.216. The van der Waals surface area contributed by atoms with E-state index < -0.39 is 15.8 Å². The summed E-state index contributed by atoms with van der Waals surface area (Å²) in [4.78, 5) is 12.5. The minimum absolute atomic E-state index is 0.0903. The molecule has 0 unspecified atom stereocenters. The van der Waals surface area contributed by atoms with Gasteiger partial charge in [0.15, 0.2) is 0 Å². The highest BCUT2D eigenvalue weighted by molar-refractivity contribution is 7.92. The fraction of sp³-hybridized carbons (Fsp3) is 0.190. The molecule has 3 aromatic rings. The first-order chi connectivity index (χ1) is 14.3. The van der Waals surface area contributed by atoms with E-state index in [1.807, 2.05) is 0 Å². The van der Waals surface area contributed by atoms with Crippen molar-refractivity contribution in [1.29, 1.82) is 0 Å². The van der Waals surface area contributed by atoms with Gasteiger partial charge in [-0.15, -0.1) is 0 Å². The molecule has 0 atom stereocenters. The smallest absolute Gasteiger partial charge is 0.251 e. The fourth-order valence-electron chi connectivity index (χ4n) is 2.89. The zero-order valence-electron chi connectivity index (χ0n) is 16.5. The fourth-order valence-corrected chi connectivity index (χ4v) is 3.77. The van der Waals surface area contributed by atoms with Gasteiger partial charge in [0.05, 0.1) is 38.4 Å². The normalized spacial score (nSPS) is 11.2. The SMILES string of the molecule is COc1ccc(C(=O)NCc2ccco2)cc1CN(c1ccc(F)cc1)S(C)(=O)=O. The number of nitrogens with zero attached hydrogens (tertiary/aromatic N) is 1. The van der Waals surface area contributed by atoms with E-state index in [4.69, 9.17) is 9.15 Å². The van der Waals surface area contributed by atoms with Crippen molar-refractivity contribution in [3.8, 4) is 5.75 Å². The average molecular weight is 432 g/mol. The number of sulfonamides is 1. The maximum Gasteiger partial charge on any atom is 0.251 e. The van der Waals surface area contributed by atoms with E-state index in [0.29, 0.717) is 28.3 Å². The summed E-state index contributed by atoms with van der Waals surface area (Å²) < 4.78 is 49.7. The molecule has 0 saturated carbocycles. The Bertz CT molecular complexity index is 1110. The van der Waals surface area contributed by atoms with Gasteiger partial charge in [0, 0.05) is 11.1 Å². The molecule has 1 N–H and O–H groups in total. The van der Waals surface area contributed by atoms with Crippen LogP contribution in [0, 0.1) is 5.82 Å². The number of halogens is 1. The summed E-state index contributed by atoms with van der Waals surface area (Å²) >= 11 is 0. The van der Waals surface area contributed by atoms with Crippen LogP contribution in [0.25, 0.3) is 0 Å². The van der Waals surface area contributed by atoms with Crippen molar-refractivity contribution in [2.75, 3.05) is 17.7 Å². The van der Waals surface area contributed by atoms with Crippen molar-refractivity contribution < 1.29 is 26.8 Å². The summed E-state index contributed by atoms with van der Waals surface area (Å²) in [5, 5.41) is 2.74. The number of rotatable bonds is 8. The van der Waals surface area contributed by atoms with Crippen LogP contribution in [0.1, 0.15) is 21.7 Å². The Labute approximate surface area is 174 Å². The number of furan rings is 1. The van der Waals surface area contributed by atoms with Gasteiger partial charge in [0.1, 0.15) is 17.3 Å². The van der Waals surface area contributed by atoms with Gasteiger partial charge in [-0.2, -0.15) is 0 Å². The lowest BCUT2D eigenvalue weighted by Crippen LogP contribution is -2.30. The van der Waals surface area contributed by atoms with Gasteiger partial charge in [-0.1, -0.05) is 0 Å². The number of amides is 1. The summed E-state index contributed by atoms with van der Waals surface area (Å²) in [7, 11) is -2.23. The number of carbonyl (C=O) groups excluding carboxylic acids is 1. The quantitative estimate of drug-likeness (QED) is 0.590. The second-order valence-electron chi connectivity index (χ2n) is 6.53. The maximum absolute atomic E-state index is 13.3. The van der Waals surface area contributed by atoms with E-state index in [2.05, 4.69) is 5.32 Å². The van der Waals surface area contributed by atoms with Gasteiger partial charge in [0.25, 0.3) is 5.91 Å². The summed E-state index contributed by atoms with van der Waals surface area (Å²) in [6, 6.07) is 13.3. The van der Waals surface area contributed by atoms with Crippen molar-refractivity contribution in [3.05, 3.63) is 83.6 Å². The number of hydrogen-bond acceptors (Lipinski definition) is 5. The van der Waals surface area contributed by atoms with Crippen molar-refractivity contribution in [3.63, 3.8) is 0 Å². The maximum atomic E-state index is 13.3. The van der Waals surface area contributed by atoms with Crippen molar-refractivity contribution in [2.24, 2.45) is 0 Å². The lowest BCUT2D eigenvalue weighted by atomic mass is 10.1. The van der Waals surface area contributed by atoms with E-state index in [-0.39, 0.29) is 19.0 Å². The first kappa shape index (κ1) is 21.4. The largest absolute Gasteiger partial charge is 0.496 e. The third-order valence-corrected chi connectivity index (χ3v) is 5.52. The lowest BCUT2D eigenvalue weighted by Gasteiger charge is -2.23. The Morgan fingerprint density at radius 2 is 1.90 bits per heavy atom. The number of benzene rings is 2. The summed E-state index contributed by atoms with van der Waals surface area (Å²) in [5.41, 5.74) is 1.12. The van der Waals surface area contributed by atoms with Crippen LogP contribution in [0.15, 0.2) is 65.3 Å². The van der Waals surface area contributed by atoms with E-state index >= 15 is 0 Å². The predicted molar refractivity (Wildman–Crippen MR) is 110 cm³/mol. The molecule has 1 heterocycles. The van der Waals surface area contributed by atoms with E-state index in [9.17, 15) is 17.6 Å². The Kier molecular flexibility index (Phi) is 6.41. The topological polar surface area (TPSA) is 88.8 Å². The van der Waals surface area contributed by atoms with Crippen molar-refractivity contribution in [1.82, 2.24) is 5.32 Å². The molecule has 0 spiro atoms. The van der Waals surface area contributed by atoms with Crippen LogP contribution in [0.5, 0.6) is 5.75 Å². The zero-order chi connectivity index (χ0) is 21.7. The molecule has 9 heteroatoms. The molecule has 1 aromatic heterocycles. The minimum atomic E-state index is -3.68. The van der Waals surface area contributed by atoms with Crippen LogP contribution in [-0.2, 0) is 23.1 Å². The Morgan fingerprint density at radius 1 is 1.17 bits per heavy atom. The molecule has 30 heavy (non-hydrogen) atoms. The molecule has 2 aromatic carbocycles. The minimum Gasteiger partial charge on any atom is -0.496 e. The molecule has 0 radical (unpaired) electrons. The highest BCUT2D eigenvalue weighted by Gasteiger charge is 2.21. The molecule has 7 nitrogen and oxygen atoms in total. The van der Waals surface area contributed by atoms with Crippen molar-refractivity contribution in [2.45, 2.75) is 13.1 Å². The molecule has 0 fully saturated rings. The number of nitrogens with one attached hydrogen (secondary N) is 1. The number of methoxy groups -OCH3 is 1. The first-order valence-corrected chi connectivity index (χ1v) is 10.8. The molecule has 0 aliphatic heterocycles. The van der Waals surface area contributed by atoms with Crippen LogP contribution >= 0.6 is 0 Å². The van der Waals surface area contributed by atoms with E-state index in [0.717, 1.165) is 10.6 Å².